The van der Waals surface area contributed by atoms with Crippen LogP contribution in [0.3, 0.4) is 0 Å². The van der Waals surface area contributed by atoms with Crippen LogP contribution in [0, 0.1) is 0 Å². The minimum absolute atomic E-state index is 0.485. The molecule has 0 saturated heterocycles. The van der Waals surface area contributed by atoms with Gasteiger partial charge >= 0.3 is 0 Å². The zero-order valence-corrected chi connectivity index (χ0v) is 15.5. The molecule has 0 radical (unpaired) electrons. The summed E-state index contributed by atoms with van der Waals surface area (Å²) in [6.07, 6.45) is 2.32. The first-order chi connectivity index (χ1) is 12.7. The topological polar surface area (TPSA) is 3.88 Å². The van der Waals surface area contributed by atoms with Gasteiger partial charge in [-0.1, -0.05) is 74.5 Å². The van der Waals surface area contributed by atoms with Gasteiger partial charge in [-0.3, -0.25) is 0 Å². The molecule has 0 saturated carbocycles. The molecular formula is C25H22N+. The van der Waals surface area contributed by atoms with E-state index in [-0.39, 0.29) is 0 Å². The first-order valence-corrected chi connectivity index (χ1v) is 9.31. The fraction of sp³-hybridized carbons (Fsp3) is 0.160. The molecule has 0 aliphatic heterocycles. The van der Waals surface area contributed by atoms with E-state index in [0.717, 1.165) is 0 Å². The van der Waals surface area contributed by atoms with E-state index < -0.39 is 0 Å². The van der Waals surface area contributed by atoms with E-state index in [2.05, 4.69) is 98.4 Å². The third-order valence-electron chi connectivity index (χ3n) is 5.61. The van der Waals surface area contributed by atoms with Crippen molar-refractivity contribution in [1.82, 2.24) is 0 Å². The van der Waals surface area contributed by atoms with Crippen LogP contribution in [0.4, 0.5) is 0 Å². The van der Waals surface area contributed by atoms with Crippen LogP contribution in [0.2, 0.25) is 0 Å². The van der Waals surface area contributed by atoms with E-state index >= 15 is 0 Å². The summed E-state index contributed by atoms with van der Waals surface area (Å²) >= 11 is 0. The molecule has 5 rings (SSSR count). The van der Waals surface area contributed by atoms with Crippen LogP contribution in [0.1, 0.15) is 25.3 Å². The Bertz CT molecular complexity index is 1170. The minimum atomic E-state index is 0.485. The molecule has 0 spiro atoms. The van der Waals surface area contributed by atoms with Gasteiger partial charge in [0.25, 0.3) is 0 Å². The van der Waals surface area contributed by atoms with Crippen molar-refractivity contribution < 1.29 is 4.57 Å². The molecule has 0 amide bonds. The molecular weight excluding hydrogens is 314 g/mol. The molecule has 0 fully saturated rings. The summed E-state index contributed by atoms with van der Waals surface area (Å²) in [5.41, 5.74) is 9.32. The third-order valence-corrected chi connectivity index (χ3v) is 5.61. The van der Waals surface area contributed by atoms with Crippen molar-refractivity contribution in [2.24, 2.45) is 7.05 Å². The van der Waals surface area contributed by atoms with E-state index in [4.69, 9.17) is 0 Å². The maximum Gasteiger partial charge on any atom is 0.221 e. The Morgan fingerprint density at radius 2 is 1.19 bits per heavy atom. The predicted molar refractivity (Wildman–Crippen MR) is 109 cm³/mol. The van der Waals surface area contributed by atoms with Gasteiger partial charge in [0.15, 0.2) is 6.20 Å². The van der Waals surface area contributed by atoms with Crippen LogP contribution >= 0.6 is 0 Å². The third kappa shape index (κ3) is 2.00. The van der Waals surface area contributed by atoms with Crippen LogP contribution in [0.25, 0.3) is 44.3 Å². The van der Waals surface area contributed by atoms with Crippen molar-refractivity contribution >= 4 is 10.8 Å². The smallest absolute Gasteiger partial charge is 0.200 e. The van der Waals surface area contributed by atoms with Crippen LogP contribution in [0.15, 0.2) is 72.9 Å². The summed E-state index contributed by atoms with van der Waals surface area (Å²) in [6.45, 7) is 4.56. The highest BCUT2D eigenvalue weighted by Crippen LogP contribution is 2.46. The van der Waals surface area contributed by atoms with Crippen LogP contribution < -0.4 is 4.57 Å². The lowest BCUT2D eigenvalue weighted by Crippen LogP contribution is -2.32. The molecule has 1 aliphatic carbocycles. The average Bonchev–Trinajstić information content (AvgIpc) is 2.79. The maximum atomic E-state index is 2.33. The number of aryl methyl sites for hydroxylation is 1. The second-order valence-electron chi connectivity index (χ2n) is 7.52. The van der Waals surface area contributed by atoms with Crippen molar-refractivity contribution in [2.45, 2.75) is 19.8 Å². The SMILES string of the molecule is CC(C)c1c[n+](C)c2c3c(cccc13)-c1ccccc1-c1ccccc1-2. The molecule has 1 aliphatic rings. The highest BCUT2D eigenvalue weighted by atomic mass is 14.9. The Morgan fingerprint density at radius 1 is 0.654 bits per heavy atom. The van der Waals surface area contributed by atoms with Gasteiger partial charge in [-0.2, -0.15) is 0 Å². The normalized spacial score (nSPS) is 12.0. The zero-order valence-electron chi connectivity index (χ0n) is 15.5. The Labute approximate surface area is 154 Å². The Morgan fingerprint density at radius 3 is 1.85 bits per heavy atom. The van der Waals surface area contributed by atoms with E-state index in [1.165, 1.54) is 49.8 Å². The fourth-order valence-corrected chi connectivity index (χ4v) is 4.45. The molecule has 4 aromatic rings. The summed E-state index contributed by atoms with van der Waals surface area (Å²) in [7, 11) is 2.18. The van der Waals surface area contributed by atoms with Gasteiger partial charge in [-0.05, 0) is 39.6 Å². The zero-order chi connectivity index (χ0) is 17.8. The van der Waals surface area contributed by atoms with Crippen LogP contribution in [-0.2, 0) is 7.05 Å². The number of nitrogens with zero attached hydrogens (tertiary/aromatic N) is 1. The molecule has 0 atom stereocenters. The monoisotopic (exact) mass is 336 g/mol. The highest BCUT2D eigenvalue weighted by molar-refractivity contribution is 6.11. The second kappa shape index (κ2) is 5.54. The van der Waals surface area contributed by atoms with E-state index in [1.807, 2.05) is 0 Å². The Hall–Kier alpha value is -2.93. The van der Waals surface area contributed by atoms with Crippen molar-refractivity contribution in [2.75, 3.05) is 0 Å². The Kier molecular flexibility index (Phi) is 3.27. The molecule has 1 nitrogen and oxygen atoms in total. The number of hydrogen-bond acceptors (Lipinski definition) is 0. The first kappa shape index (κ1) is 15.3. The number of hydrogen-bond donors (Lipinski definition) is 0. The summed E-state index contributed by atoms with van der Waals surface area (Å²) in [6, 6.07) is 24.4. The predicted octanol–water partition coefficient (Wildman–Crippen LogP) is 6.10. The second-order valence-corrected chi connectivity index (χ2v) is 7.52. The van der Waals surface area contributed by atoms with E-state index in [1.54, 1.807) is 0 Å². The minimum Gasteiger partial charge on any atom is -0.200 e. The lowest BCUT2D eigenvalue weighted by molar-refractivity contribution is -0.659. The lowest BCUT2D eigenvalue weighted by atomic mass is 9.91. The molecule has 1 heterocycles. The van der Waals surface area contributed by atoms with Gasteiger partial charge in [0.05, 0.1) is 10.9 Å². The molecule has 0 N–H and O–H groups in total. The van der Waals surface area contributed by atoms with Gasteiger partial charge in [-0.15, -0.1) is 0 Å². The van der Waals surface area contributed by atoms with Crippen molar-refractivity contribution in [3.05, 3.63) is 78.5 Å². The highest BCUT2D eigenvalue weighted by Gasteiger charge is 2.28. The molecule has 0 bridgehead atoms. The molecule has 26 heavy (non-hydrogen) atoms. The first-order valence-electron chi connectivity index (χ1n) is 9.31. The van der Waals surface area contributed by atoms with E-state index in [0.29, 0.717) is 5.92 Å². The van der Waals surface area contributed by atoms with Crippen molar-refractivity contribution in [3.8, 4) is 33.5 Å². The van der Waals surface area contributed by atoms with Crippen LogP contribution in [0.5, 0.6) is 0 Å². The summed E-state index contributed by atoms with van der Waals surface area (Å²) in [5, 5.41) is 2.75. The van der Waals surface area contributed by atoms with Crippen molar-refractivity contribution in [3.63, 3.8) is 0 Å². The molecule has 0 unspecified atom stereocenters. The number of benzene rings is 3. The molecule has 1 aromatic heterocycles. The van der Waals surface area contributed by atoms with E-state index in [9.17, 15) is 0 Å². The largest absolute Gasteiger partial charge is 0.221 e. The van der Waals surface area contributed by atoms with Crippen molar-refractivity contribution in [1.29, 1.82) is 0 Å². The fourth-order valence-electron chi connectivity index (χ4n) is 4.45. The summed E-state index contributed by atoms with van der Waals surface area (Å²) in [4.78, 5) is 0. The van der Waals surface area contributed by atoms with Gasteiger partial charge in [-0.25, -0.2) is 4.57 Å². The lowest BCUT2D eigenvalue weighted by Gasteiger charge is -2.14. The quantitative estimate of drug-likeness (QED) is 0.326. The summed E-state index contributed by atoms with van der Waals surface area (Å²) < 4.78 is 2.33. The standard InChI is InChI=1S/C25H22N/c1-16(2)23-15-26(3)25-22-12-7-6-11-19(22)17-9-4-5-10-18(17)20-13-8-14-21(23)24(20)25/h4-16H,1-3H3/q+1. The van der Waals surface area contributed by atoms with Gasteiger partial charge < -0.3 is 0 Å². The van der Waals surface area contributed by atoms with Gasteiger partial charge in [0.1, 0.15) is 7.05 Å². The summed E-state index contributed by atoms with van der Waals surface area (Å²) in [5.74, 6) is 0.485. The van der Waals surface area contributed by atoms with Gasteiger partial charge in [0, 0.05) is 5.56 Å². The maximum absolute atomic E-state index is 2.33. The number of aromatic nitrogens is 1. The molecule has 1 heteroatoms. The number of rotatable bonds is 1. The Balaban J connectivity index is 2.09. The number of pyridine rings is 1. The molecule has 3 aromatic carbocycles. The van der Waals surface area contributed by atoms with Crippen LogP contribution in [-0.4, -0.2) is 0 Å². The molecule has 126 valence electrons. The number of fused-ring (bicyclic) bond motifs is 5. The average molecular weight is 336 g/mol. The van der Waals surface area contributed by atoms with Gasteiger partial charge in [0.2, 0.25) is 5.69 Å².